The number of hydrogen-bond acceptors (Lipinski definition) is 6. The summed E-state index contributed by atoms with van der Waals surface area (Å²) in [5.41, 5.74) is 0.336. The maximum absolute atomic E-state index is 5.74. The van der Waals surface area contributed by atoms with Crippen LogP contribution in [0.25, 0.3) is 0 Å². The van der Waals surface area contributed by atoms with Gasteiger partial charge in [-0.05, 0) is 38.1 Å². The van der Waals surface area contributed by atoms with Gasteiger partial charge in [-0.25, -0.2) is 0 Å². The molecule has 7 nitrogen and oxygen atoms in total. The van der Waals surface area contributed by atoms with Crippen LogP contribution in [0, 0.1) is 11.3 Å². The van der Waals surface area contributed by atoms with Crippen molar-refractivity contribution in [2.24, 2.45) is 11.3 Å². The number of nitrogens with zero attached hydrogens (tertiary/aromatic N) is 5. The van der Waals surface area contributed by atoms with E-state index in [9.17, 15) is 0 Å². The second-order valence-corrected chi connectivity index (χ2v) is 8.33. The summed E-state index contributed by atoms with van der Waals surface area (Å²) in [6.45, 7) is 9.34. The molecule has 3 aliphatic rings. The van der Waals surface area contributed by atoms with Crippen molar-refractivity contribution >= 4 is 0 Å². The van der Waals surface area contributed by atoms with Crippen molar-refractivity contribution in [2.75, 3.05) is 59.7 Å². The number of aromatic nitrogens is 3. The Balaban J connectivity index is 1.37. The third-order valence-electron chi connectivity index (χ3n) is 6.87. The van der Waals surface area contributed by atoms with E-state index in [0.717, 1.165) is 58.0 Å². The molecule has 3 heterocycles. The molecule has 1 saturated carbocycles. The number of fused-ring (bicyclic) bond motifs is 1. The maximum atomic E-state index is 5.74. The molecule has 0 unspecified atom stereocenters. The van der Waals surface area contributed by atoms with Gasteiger partial charge in [-0.15, -0.1) is 10.2 Å². The van der Waals surface area contributed by atoms with Crippen molar-refractivity contribution in [2.45, 2.75) is 38.3 Å². The van der Waals surface area contributed by atoms with Gasteiger partial charge >= 0.3 is 0 Å². The lowest BCUT2D eigenvalue weighted by molar-refractivity contribution is -0.0858. The van der Waals surface area contributed by atoms with Crippen molar-refractivity contribution < 1.29 is 9.47 Å². The van der Waals surface area contributed by atoms with E-state index in [1.165, 1.54) is 38.8 Å². The summed E-state index contributed by atoms with van der Waals surface area (Å²) < 4.78 is 13.4. The van der Waals surface area contributed by atoms with E-state index in [1.807, 2.05) is 19.8 Å². The number of hydrogen-bond donors (Lipinski definition) is 0. The number of piperidine rings is 1. The fourth-order valence-corrected chi connectivity index (χ4v) is 5.43. The molecule has 0 amide bonds. The zero-order chi connectivity index (χ0) is 17.8. The minimum atomic E-state index is 0.336. The van der Waals surface area contributed by atoms with E-state index in [1.54, 1.807) is 0 Å². The van der Waals surface area contributed by atoms with Crippen molar-refractivity contribution in [1.29, 1.82) is 0 Å². The van der Waals surface area contributed by atoms with Crippen LogP contribution in [0.15, 0.2) is 12.7 Å². The molecule has 0 N–H and O–H groups in total. The first-order valence-corrected chi connectivity index (χ1v) is 10.1. The molecular weight excluding hydrogens is 330 g/mol. The second-order valence-electron chi connectivity index (χ2n) is 8.33. The molecule has 3 atom stereocenters. The molecule has 3 fully saturated rings. The summed E-state index contributed by atoms with van der Waals surface area (Å²) in [5.74, 6) is 0.787. The Labute approximate surface area is 156 Å². The van der Waals surface area contributed by atoms with E-state index >= 15 is 0 Å². The molecule has 146 valence electrons. The van der Waals surface area contributed by atoms with Gasteiger partial charge in [-0.2, -0.15) is 0 Å². The highest BCUT2D eigenvalue weighted by Gasteiger charge is 2.47. The van der Waals surface area contributed by atoms with Crippen LogP contribution in [-0.2, 0) is 16.0 Å². The van der Waals surface area contributed by atoms with Crippen LogP contribution in [0.3, 0.4) is 0 Å². The third kappa shape index (κ3) is 3.96. The Morgan fingerprint density at radius 2 is 1.92 bits per heavy atom. The summed E-state index contributed by atoms with van der Waals surface area (Å²) >= 11 is 0. The molecule has 0 spiro atoms. The van der Waals surface area contributed by atoms with Crippen LogP contribution in [0.5, 0.6) is 0 Å². The number of rotatable bonds is 6. The lowest BCUT2D eigenvalue weighted by atomic mass is 9.62. The first-order valence-electron chi connectivity index (χ1n) is 10.1. The monoisotopic (exact) mass is 363 g/mol. The number of methoxy groups -OCH3 is 1. The Morgan fingerprint density at radius 1 is 1.12 bits per heavy atom. The molecule has 0 bridgehead atoms. The van der Waals surface area contributed by atoms with Crippen LogP contribution < -0.4 is 0 Å². The molecule has 1 aliphatic carbocycles. The Bertz CT molecular complexity index is 548. The topological polar surface area (TPSA) is 55.7 Å². The SMILES string of the molecule is COC[C@@]12CC[C@@H](N3CCOCC3)C[C@H]1CCN(CCn1cnnc1)C2. The van der Waals surface area contributed by atoms with E-state index in [2.05, 4.69) is 24.6 Å². The highest BCUT2D eigenvalue weighted by atomic mass is 16.5. The Morgan fingerprint density at radius 3 is 2.69 bits per heavy atom. The fraction of sp³-hybridized carbons (Fsp3) is 0.895. The van der Waals surface area contributed by atoms with Crippen LogP contribution >= 0.6 is 0 Å². The first-order chi connectivity index (χ1) is 12.8. The average molecular weight is 364 g/mol. The van der Waals surface area contributed by atoms with Crippen LogP contribution in [0.1, 0.15) is 25.7 Å². The minimum absolute atomic E-state index is 0.336. The van der Waals surface area contributed by atoms with Crippen LogP contribution in [0.2, 0.25) is 0 Å². The van der Waals surface area contributed by atoms with Crippen molar-refractivity contribution in [3.8, 4) is 0 Å². The van der Waals surface area contributed by atoms with E-state index in [0.29, 0.717) is 5.41 Å². The largest absolute Gasteiger partial charge is 0.384 e. The lowest BCUT2D eigenvalue weighted by Crippen LogP contribution is -2.57. The van der Waals surface area contributed by atoms with E-state index < -0.39 is 0 Å². The predicted octanol–water partition coefficient (Wildman–Crippen LogP) is 1.12. The summed E-state index contributed by atoms with van der Waals surface area (Å²) in [4.78, 5) is 5.31. The van der Waals surface area contributed by atoms with Crippen molar-refractivity contribution in [3.05, 3.63) is 12.7 Å². The normalized spacial score (nSPS) is 33.9. The summed E-state index contributed by atoms with van der Waals surface area (Å²) in [6, 6.07) is 0.748. The highest BCUT2D eigenvalue weighted by Crippen LogP contribution is 2.47. The minimum Gasteiger partial charge on any atom is -0.384 e. The van der Waals surface area contributed by atoms with Gasteiger partial charge in [0.25, 0.3) is 0 Å². The maximum Gasteiger partial charge on any atom is 0.119 e. The smallest absolute Gasteiger partial charge is 0.119 e. The number of likely N-dealkylation sites (tertiary alicyclic amines) is 1. The molecule has 4 rings (SSSR count). The molecule has 2 aliphatic heterocycles. The molecule has 7 heteroatoms. The predicted molar refractivity (Wildman–Crippen MR) is 98.9 cm³/mol. The van der Waals surface area contributed by atoms with E-state index in [4.69, 9.17) is 9.47 Å². The third-order valence-corrected chi connectivity index (χ3v) is 6.87. The zero-order valence-electron chi connectivity index (χ0n) is 16.1. The van der Waals surface area contributed by atoms with Crippen molar-refractivity contribution in [3.63, 3.8) is 0 Å². The van der Waals surface area contributed by atoms with Gasteiger partial charge in [0, 0.05) is 51.3 Å². The lowest BCUT2D eigenvalue weighted by Gasteiger charge is -2.54. The number of ether oxygens (including phenoxy) is 2. The molecule has 26 heavy (non-hydrogen) atoms. The quantitative estimate of drug-likeness (QED) is 0.755. The summed E-state index contributed by atoms with van der Waals surface area (Å²) in [5, 5.41) is 7.82. The van der Waals surface area contributed by atoms with Gasteiger partial charge in [0.1, 0.15) is 12.7 Å². The standard InChI is InChI=1S/C19H33N5O2/c1-25-14-19-4-2-18(24-8-10-26-11-9-24)12-17(19)3-5-22(13-19)6-7-23-15-20-21-16-23/h15-18H,2-14H2,1H3/t17-,18-,19+/m1/s1. The van der Waals surface area contributed by atoms with Gasteiger partial charge in [0.15, 0.2) is 0 Å². The first kappa shape index (κ1) is 18.3. The molecule has 1 aromatic heterocycles. The average Bonchev–Trinajstić information content (AvgIpc) is 3.20. The van der Waals surface area contributed by atoms with Gasteiger partial charge in [0.05, 0.1) is 19.8 Å². The molecule has 1 aromatic rings. The van der Waals surface area contributed by atoms with Gasteiger partial charge in [0.2, 0.25) is 0 Å². The molecule has 2 saturated heterocycles. The van der Waals surface area contributed by atoms with Gasteiger partial charge in [-0.1, -0.05) is 0 Å². The fourth-order valence-electron chi connectivity index (χ4n) is 5.43. The summed E-state index contributed by atoms with van der Waals surface area (Å²) in [6.07, 6.45) is 8.85. The Kier molecular flexibility index (Phi) is 5.88. The van der Waals surface area contributed by atoms with E-state index in [-0.39, 0.29) is 0 Å². The molecular formula is C19H33N5O2. The zero-order valence-corrected chi connectivity index (χ0v) is 16.1. The van der Waals surface area contributed by atoms with Crippen LogP contribution in [-0.4, -0.2) is 90.3 Å². The highest BCUT2D eigenvalue weighted by molar-refractivity contribution is 5.00. The number of morpholine rings is 1. The second kappa shape index (κ2) is 8.33. The van der Waals surface area contributed by atoms with Gasteiger partial charge in [-0.3, -0.25) is 4.90 Å². The Hall–Kier alpha value is -1.02. The summed E-state index contributed by atoms with van der Waals surface area (Å²) in [7, 11) is 1.87. The molecule has 0 radical (unpaired) electrons. The van der Waals surface area contributed by atoms with Gasteiger partial charge < -0.3 is 18.9 Å². The van der Waals surface area contributed by atoms with Crippen LogP contribution in [0.4, 0.5) is 0 Å². The van der Waals surface area contributed by atoms with Crippen molar-refractivity contribution in [1.82, 2.24) is 24.6 Å². The molecule has 0 aromatic carbocycles.